The van der Waals surface area contributed by atoms with Crippen LogP contribution in [0.1, 0.15) is 39.0 Å². The smallest absolute Gasteiger partial charge is 0.244 e. The Labute approximate surface area is 119 Å². The molecule has 20 heavy (non-hydrogen) atoms. The standard InChI is InChI=1S/C14H21NO4S/c1-2-3-5-10-13(11-14(16)15-17)20(18,19)12-8-6-4-7-9-12/h4,6-9,13,17H,2-3,5,10-11H2,1H3,(H,15,16)/t13-/m1/s1. The van der Waals surface area contributed by atoms with Gasteiger partial charge in [0.1, 0.15) is 0 Å². The number of rotatable bonds is 8. The lowest BCUT2D eigenvalue weighted by atomic mass is 10.1. The van der Waals surface area contributed by atoms with Crippen LogP contribution in [-0.4, -0.2) is 24.8 Å². The van der Waals surface area contributed by atoms with Crippen molar-refractivity contribution in [1.29, 1.82) is 0 Å². The minimum absolute atomic E-state index is 0.215. The summed E-state index contributed by atoms with van der Waals surface area (Å²) in [6.45, 7) is 2.03. The predicted molar refractivity (Wildman–Crippen MR) is 76.1 cm³/mol. The van der Waals surface area contributed by atoms with Gasteiger partial charge in [0, 0.05) is 6.42 Å². The largest absolute Gasteiger partial charge is 0.289 e. The summed E-state index contributed by atoms with van der Waals surface area (Å²) in [6, 6.07) is 8.10. The molecule has 1 aromatic carbocycles. The first-order valence-electron chi connectivity index (χ1n) is 6.74. The van der Waals surface area contributed by atoms with E-state index in [0.717, 1.165) is 19.3 Å². The predicted octanol–water partition coefficient (Wildman–Crippen LogP) is 2.30. The number of hydrogen-bond donors (Lipinski definition) is 2. The molecule has 0 spiro atoms. The van der Waals surface area contributed by atoms with Crippen molar-refractivity contribution in [2.45, 2.75) is 49.2 Å². The summed E-state index contributed by atoms with van der Waals surface area (Å²) in [4.78, 5) is 11.5. The fourth-order valence-corrected chi connectivity index (χ4v) is 3.81. The van der Waals surface area contributed by atoms with Crippen LogP contribution in [0.3, 0.4) is 0 Å². The Bertz CT molecular complexity index is 513. The number of hydrogen-bond acceptors (Lipinski definition) is 4. The molecule has 0 aromatic heterocycles. The van der Waals surface area contributed by atoms with Gasteiger partial charge in [0.2, 0.25) is 5.91 Å². The topological polar surface area (TPSA) is 83.5 Å². The third kappa shape index (κ3) is 4.61. The van der Waals surface area contributed by atoms with Crippen molar-refractivity contribution in [2.24, 2.45) is 0 Å². The quantitative estimate of drug-likeness (QED) is 0.438. The van der Waals surface area contributed by atoms with Gasteiger partial charge in [0.15, 0.2) is 9.84 Å². The first-order valence-corrected chi connectivity index (χ1v) is 8.29. The van der Waals surface area contributed by atoms with Gasteiger partial charge in [-0.05, 0) is 18.6 Å². The number of amides is 1. The van der Waals surface area contributed by atoms with Crippen molar-refractivity contribution >= 4 is 15.7 Å². The lowest BCUT2D eigenvalue weighted by molar-refractivity contribution is -0.129. The molecule has 0 saturated heterocycles. The Kier molecular flexibility index (Phi) is 6.67. The molecule has 0 aliphatic rings. The van der Waals surface area contributed by atoms with Gasteiger partial charge in [-0.15, -0.1) is 0 Å². The lowest BCUT2D eigenvalue weighted by Crippen LogP contribution is -2.30. The molecule has 0 bridgehead atoms. The van der Waals surface area contributed by atoms with Crippen LogP contribution in [0.5, 0.6) is 0 Å². The van der Waals surface area contributed by atoms with Crippen LogP contribution in [0.15, 0.2) is 35.2 Å². The Balaban J connectivity index is 2.93. The minimum atomic E-state index is -3.56. The summed E-state index contributed by atoms with van der Waals surface area (Å²) in [5.41, 5.74) is 1.51. The summed E-state index contributed by atoms with van der Waals surface area (Å²) in [7, 11) is -3.56. The monoisotopic (exact) mass is 299 g/mol. The molecule has 5 nitrogen and oxygen atoms in total. The number of nitrogens with one attached hydrogen (secondary N) is 1. The van der Waals surface area contributed by atoms with Crippen LogP contribution in [0.25, 0.3) is 0 Å². The zero-order valence-corrected chi connectivity index (χ0v) is 12.4. The summed E-state index contributed by atoms with van der Waals surface area (Å²) >= 11 is 0. The number of unbranched alkanes of at least 4 members (excludes halogenated alkanes) is 2. The molecule has 1 amide bonds. The van der Waals surface area contributed by atoms with E-state index in [1.165, 1.54) is 17.6 Å². The van der Waals surface area contributed by atoms with Gasteiger partial charge in [-0.25, -0.2) is 13.9 Å². The highest BCUT2D eigenvalue weighted by molar-refractivity contribution is 7.92. The SMILES string of the molecule is CCCCC[C@H](CC(=O)NO)S(=O)(=O)c1ccccc1. The number of sulfone groups is 1. The van der Waals surface area contributed by atoms with Gasteiger partial charge < -0.3 is 0 Å². The van der Waals surface area contributed by atoms with Crippen molar-refractivity contribution in [3.8, 4) is 0 Å². The second kappa shape index (κ2) is 8.01. The molecule has 1 rings (SSSR count). The Morgan fingerprint density at radius 1 is 1.25 bits per heavy atom. The second-order valence-electron chi connectivity index (χ2n) is 4.71. The maximum Gasteiger partial charge on any atom is 0.244 e. The van der Waals surface area contributed by atoms with Crippen molar-refractivity contribution < 1.29 is 18.4 Å². The van der Waals surface area contributed by atoms with Crippen molar-refractivity contribution in [3.63, 3.8) is 0 Å². The average Bonchev–Trinajstić information content (AvgIpc) is 2.47. The normalized spacial score (nSPS) is 12.9. The third-order valence-corrected chi connectivity index (χ3v) is 5.39. The van der Waals surface area contributed by atoms with E-state index in [0.29, 0.717) is 6.42 Å². The molecule has 1 atom stereocenters. The average molecular weight is 299 g/mol. The minimum Gasteiger partial charge on any atom is -0.289 e. The van der Waals surface area contributed by atoms with Crippen LogP contribution in [-0.2, 0) is 14.6 Å². The number of carbonyl (C=O) groups is 1. The Morgan fingerprint density at radius 2 is 1.90 bits per heavy atom. The van der Waals surface area contributed by atoms with Crippen molar-refractivity contribution in [2.75, 3.05) is 0 Å². The van der Waals surface area contributed by atoms with Gasteiger partial charge >= 0.3 is 0 Å². The van der Waals surface area contributed by atoms with E-state index in [1.54, 1.807) is 18.2 Å². The molecule has 0 radical (unpaired) electrons. The Morgan fingerprint density at radius 3 is 2.45 bits per heavy atom. The maximum atomic E-state index is 12.5. The van der Waals surface area contributed by atoms with Crippen molar-refractivity contribution in [1.82, 2.24) is 5.48 Å². The number of carbonyl (C=O) groups excluding carboxylic acids is 1. The van der Waals surface area contributed by atoms with E-state index in [4.69, 9.17) is 5.21 Å². The Hall–Kier alpha value is -1.40. The molecule has 1 aromatic rings. The molecule has 2 N–H and O–H groups in total. The summed E-state index contributed by atoms with van der Waals surface area (Å²) in [5.74, 6) is -0.675. The molecule has 0 unspecified atom stereocenters. The second-order valence-corrected chi connectivity index (χ2v) is 6.94. The molecule has 0 heterocycles. The molecule has 112 valence electrons. The zero-order valence-electron chi connectivity index (χ0n) is 11.6. The van der Waals surface area contributed by atoms with Crippen LogP contribution in [0.4, 0.5) is 0 Å². The van der Waals surface area contributed by atoms with Crippen LogP contribution < -0.4 is 5.48 Å². The van der Waals surface area contributed by atoms with Crippen LogP contribution in [0, 0.1) is 0 Å². The summed E-state index contributed by atoms with van der Waals surface area (Å²) in [5, 5.41) is 7.79. The van der Waals surface area contributed by atoms with E-state index in [1.807, 2.05) is 6.92 Å². The fourth-order valence-electron chi connectivity index (χ4n) is 2.04. The van der Waals surface area contributed by atoms with Gasteiger partial charge in [-0.1, -0.05) is 44.4 Å². The zero-order chi connectivity index (χ0) is 15.0. The molecular formula is C14H21NO4S. The first-order chi connectivity index (χ1) is 9.52. The molecular weight excluding hydrogens is 278 g/mol. The molecule has 0 saturated carbocycles. The van der Waals surface area contributed by atoms with Gasteiger partial charge in [-0.3, -0.25) is 10.0 Å². The number of benzene rings is 1. The molecule has 0 aliphatic heterocycles. The molecule has 6 heteroatoms. The van der Waals surface area contributed by atoms with Gasteiger partial charge in [0.05, 0.1) is 10.1 Å². The maximum absolute atomic E-state index is 12.5. The number of hydroxylamine groups is 1. The van der Waals surface area contributed by atoms with Gasteiger partial charge in [-0.2, -0.15) is 0 Å². The van der Waals surface area contributed by atoms with Crippen LogP contribution in [0.2, 0.25) is 0 Å². The molecule has 0 fully saturated rings. The third-order valence-electron chi connectivity index (χ3n) is 3.18. The molecule has 0 aliphatic carbocycles. The van der Waals surface area contributed by atoms with E-state index in [-0.39, 0.29) is 11.3 Å². The van der Waals surface area contributed by atoms with E-state index in [2.05, 4.69) is 0 Å². The van der Waals surface area contributed by atoms with Gasteiger partial charge in [0.25, 0.3) is 0 Å². The summed E-state index contributed by atoms with van der Waals surface area (Å²) in [6.07, 6.45) is 2.83. The van der Waals surface area contributed by atoms with E-state index >= 15 is 0 Å². The van der Waals surface area contributed by atoms with Crippen LogP contribution >= 0.6 is 0 Å². The van der Waals surface area contributed by atoms with E-state index in [9.17, 15) is 13.2 Å². The first kappa shape index (κ1) is 16.7. The highest BCUT2D eigenvalue weighted by Crippen LogP contribution is 2.22. The highest BCUT2D eigenvalue weighted by atomic mass is 32.2. The van der Waals surface area contributed by atoms with Crippen molar-refractivity contribution in [3.05, 3.63) is 30.3 Å². The fraction of sp³-hybridized carbons (Fsp3) is 0.500. The highest BCUT2D eigenvalue weighted by Gasteiger charge is 2.29. The lowest BCUT2D eigenvalue weighted by Gasteiger charge is -2.16. The van der Waals surface area contributed by atoms with E-state index < -0.39 is 21.0 Å². The summed E-state index contributed by atoms with van der Waals surface area (Å²) < 4.78 is 25.0.